The summed E-state index contributed by atoms with van der Waals surface area (Å²) in [7, 11) is 2.11. The Morgan fingerprint density at radius 3 is 2.50 bits per heavy atom. The topological polar surface area (TPSA) is 23.5 Å². The summed E-state index contributed by atoms with van der Waals surface area (Å²) < 4.78 is 0. The van der Waals surface area contributed by atoms with Crippen LogP contribution in [-0.2, 0) is 0 Å². The van der Waals surface area contributed by atoms with Crippen LogP contribution in [-0.4, -0.2) is 29.6 Å². The molecule has 2 unspecified atom stereocenters. The molecule has 1 aliphatic rings. The van der Waals surface area contributed by atoms with Crippen LogP contribution in [0.4, 0.5) is 0 Å². The molecular weight excluding hydrogens is 198 g/mol. The zero-order valence-corrected chi connectivity index (χ0v) is 10.1. The normalized spacial score (nSPS) is 19.8. The second-order valence-electron chi connectivity index (χ2n) is 4.98. The van der Waals surface area contributed by atoms with Crippen molar-refractivity contribution in [2.75, 3.05) is 13.6 Å². The number of nitrogens with zero attached hydrogens (tertiary/aromatic N) is 1. The Morgan fingerprint density at radius 2 is 1.94 bits per heavy atom. The van der Waals surface area contributed by atoms with E-state index in [0.717, 1.165) is 18.0 Å². The van der Waals surface area contributed by atoms with Crippen molar-refractivity contribution in [1.82, 2.24) is 4.90 Å². The van der Waals surface area contributed by atoms with Crippen LogP contribution in [0, 0.1) is 5.92 Å². The van der Waals surface area contributed by atoms with E-state index in [9.17, 15) is 5.11 Å². The van der Waals surface area contributed by atoms with Gasteiger partial charge >= 0.3 is 0 Å². The molecule has 0 spiro atoms. The molecule has 2 heteroatoms. The maximum atomic E-state index is 10.3. The van der Waals surface area contributed by atoms with Gasteiger partial charge in [-0.2, -0.15) is 0 Å². The Bertz CT molecular complexity index is 321. The molecule has 1 aromatic rings. The third kappa shape index (κ3) is 2.83. The van der Waals surface area contributed by atoms with Crippen molar-refractivity contribution < 1.29 is 5.11 Å². The third-order valence-corrected chi connectivity index (χ3v) is 3.54. The predicted octanol–water partition coefficient (Wildman–Crippen LogP) is 2.45. The van der Waals surface area contributed by atoms with Crippen LogP contribution in [0.5, 0.6) is 0 Å². The monoisotopic (exact) mass is 219 g/mol. The molecule has 0 heterocycles. The Labute approximate surface area is 97.9 Å². The van der Waals surface area contributed by atoms with Crippen molar-refractivity contribution >= 4 is 0 Å². The van der Waals surface area contributed by atoms with E-state index in [1.807, 2.05) is 30.3 Å². The van der Waals surface area contributed by atoms with E-state index in [2.05, 4.69) is 18.9 Å². The Morgan fingerprint density at radius 1 is 1.31 bits per heavy atom. The lowest BCUT2D eigenvalue weighted by Gasteiger charge is -2.29. The summed E-state index contributed by atoms with van der Waals surface area (Å²) in [5.74, 6) is 0.871. The van der Waals surface area contributed by atoms with Crippen molar-refractivity contribution in [3.63, 3.8) is 0 Å². The van der Waals surface area contributed by atoms with Gasteiger partial charge in [-0.3, -0.25) is 0 Å². The highest BCUT2D eigenvalue weighted by molar-refractivity contribution is 5.18. The number of hydrogen-bond donors (Lipinski definition) is 1. The summed E-state index contributed by atoms with van der Waals surface area (Å²) in [4.78, 5) is 2.27. The lowest BCUT2D eigenvalue weighted by Crippen LogP contribution is -2.35. The van der Waals surface area contributed by atoms with Crippen LogP contribution in [0.3, 0.4) is 0 Å². The first kappa shape index (κ1) is 11.6. The molecule has 0 saturated heterocycles. The fourth-order valence-electron chi connectivity index (χ4n) is 2.04. The van der Waals surface area contributed by atoms with Gasteiger partial charge in [0.15, 0.2) is 0 Å². The molecule has 1 N–H and O–H groups in total. The van der Waals surface area contributed by atoms with Crippen molar-refractivity contribution in [2.45, 2.75) is 31.9 Å². The summed E-state index contributed by atoms with van der Waals surface area (Å²) in [6, 6.07) is 10.1. The minimum absolute atomic E-state index is 0.183. The van der Waals surface area contributed by atoms with E-state index in [1.54, 1.807) is 0 Å². The van der Waals surface area contributed by atoms with Gasteiger partial charge in [-0.1, -0.05) is 30.3 Å². The maximum Gasteiger partial charge on any atom is 0.0942 e. The second-order valence-corrected chi connectivity index (χ2v) is 4.98. The molecule has 1 saturated carbocycles. The summed E-state index contributed by atoms with van der Waals surface area (Å²) in [6.45, 7) is 3.21. The summed E-state index contributed by atoms with van der Waals surface area (Å²) in [5.41, 5.74) is 1.01. The van der Waals surface area contributed by atoms with Crippen LogP contribution in [0.25, 0.3) is 0 Å². The first-order chi connectivity index (χ1) is 7.68. The molecule has 0 aliphatic heterocycles. The van der Waals surface area contributed by atoms with E-state index < -0.39 is 0 Å². The van der Waals surface area contributed by atoms with Crippen molar-refractivity contribution in [2.24, 2.45) is 5.92 Å². The predicted molar refractivity (Wildman–Crippen MR) is 66.2 cm³/mol. The Kier molecular flexibility index (Phi) is 3.62. The van der Waals surface area contributed by atoms with Gasteiger partial charge in [0.2, 0.25) is 0 Å². The molecule has 16 heavy (non-hydrogen) atoms. The SMILES string of the molecule is CC(C(O)c1ccccc1)N(C)CC1CC1. The molecule has 1 fully saturated rings. The molecule has 0 bridgehead atoms. The molecule has 1 aromatic carbocycles. The minimum Gasteiger partial charge on any atom is -0.387 e. The number of likely N-dealkylation sites (N-methyl/N-ethyl adjacent to an activating group) is 1. The summed E-state index contributed by atoms with van der Waals surface area (Å²) in [6.07, 6.45) is 2.33. The first-order valence-corrected chi connectivity index (χ1v) is 6.11. The van der Waals surface area contributed by atoms with Gasteiger partial charge in [0, 0.05) is 12.6 Å². The number of rotatable bonds is 5. The highest BCUT2D eigenvalue weighted by Gasteiger charge is 2.27. The van der Waals surface area contributed by atoms with E-state index in [4.69, 9.17) is 0 Å². The van der Waals surface area contributed by atoms with Crippen LogP contribution >= 0.6 is 0 Å². The fourth-order valence-corrected chi connectivity index (χ4v) is 2.04. The number of hydrogen-bond acceptors (Lipinski definition) is 2. The van der Waals surface area contributed by atoms with Crippen molar-refractivity contribution in [1.29, 1.82) is 0 Å². The van der Waals surface area contributed by atoms with Gasteiger partial charge in [0.25, 0.3) is 0 Å². The zero-order chi connectivity index (χ0) is 11.5. The smallest absolute Gasteiger partial charge is 0.0942 e. The molecule has 0 radical (unpaired) electrons. The van der Waals surface area contributed by atoms with Gasteiger partial charge in [-0.15, -0.1) is 0 Å². The Balaban J connectivity index is 1.94. The highest BCUT2D eigenvalue weighted by Crippen LogP contribution is 2.31. The fraction of sp³-hybridized carbons (Fsp3) is 0.571. The lowest BCUT2D eigenvalue weighted by atomic mass is 10.0. The Hall–Kier alpha value is -0.860. The number of benzene rings is 1. The molecule has 0 amide bonds. The quantitative estimate of drug-likeness (QED) is 0.822. The van der Waals surface area contributed by atoms with Crippen LogP contribution in [0.1, 0.15) is 31.4 Å². The van der Waals surface area contributed by atoms with Gasteiger partial charge in [0.05, 0.1) is 6.10 Å². The van der Waals surface area contributed by atoms with Crippen molar-refractivity contribution in [3.05, 3.63) is 35.9 Å². The number of aliphatic hydroxyl groups is 1. The van der Waals surface area contributed by atoms with E-state index >= 15 is 0 Å². The second kappa shape index (κ2) is 4.98. The van der Waals surface area contributed by atoms with Gasteiger partial charge in [-0.25, -0.2) is 0 Å². The average Bonchev–Trinajstić information content (AvgIpc) is 3.12. The largest absolute Gasteiger partial charge is 0.387 e. The molecular formula is C14H21NO. The van der Waals surface area contributed by atoms with Gasteiger partial charge in [-0.05, 0) is 38.3 Å². The third-order valence-electron chi connectivity index (χ3n) is 3.54. The van der Waals surface area contributed by atoms with Crippen LogP contribution < -0.4 is 0 Å². The lowest BCUT2D eigenvalue weighted by molar-refractivity contribution is 0.0703. The minimum atomic E-state index is -0.384. The maximum absolute atomic E-state index is 10.3. The van der Waals surface area contributed by atoms with Crippen molar-refractivity contribution in [3.8, 4) is 0 Å². The van der Waals surface area contributed by atoms with Crippen LogP contribution in [0.2, 0.25) is 0 Å². The standard InChI is InChI=1S/C14H21NO/c1-11(15(2)10-12-8-9-12)14(16)13-6-4-3-5-7-13/h3-7,11-12,14,16H,8-10H2,1-2H3. The van der Waals surface area contributed by atoms with E-state index in [-0.39, 0.29) is 12.1 Å². The molecule has 2 rings (SSSR count). The summed E-state index contributed by atoms with van der Waals surface area (Å²) >= 11 is 0. The van der Waals surface area contributed by atoms with Gasteiger partial charge < -0.3 is 10.0 Å². The zero-order valence-electron chi connectivity index (χ0n) is 10.1. The van der Waals surface area contributed by atoms with Crippen LogP contribution in [0.15, 0.2) is 30.3 Å². The van der Waals surface area contributed by atoms with E-state index in [0.29, 0.717) is 0 Å². The summed E-state index contributed by atoms with van der Waals surface area (Å²) in [5, 5.41) is 10.3. The number of aliphatic hydroxyl groups excluding tert-OH is 1. The molecule has 88 valence electrons. The highest BCUT2D eigenvalue weighted by atomic mass is 16.3. The molecule has 2 atom stereocenters. The van der Waals surface area contributed by atoms with E-state index in [1.165, 1.54) is 12.8 Å². The molecule has 0 aromatic heterocycles. The van der Waals surface area contributed by atoms with Gasteiger partial charge in [0.1, 0.15) is 0 Å². The first-order valence-electron chi connectivity index (χ1n) is 6.11. The molecule has 1 aliphatic carbocycles. The molecule has 2 nitrogen and oxygen atoms in total. The average molecular weight is 219 g/mol.